The topological polar surface area (TPSA) is 33.6 Å². The van der Waals surface area contributed by atoms with Crippen LogP contribution in [0.15, 0.2) is 6.20 Å². The Morgan fingerprint density at radius 2 is 2.12 bits per heavy atom. The van der Waals surface area contributed by atoms with E-state index >= 15 is 0 Å². The molecular formula is C11H15N3S2. The average Bonchev–Trinajstić information content (AvgIpc) is 2.70. The molecule has 0 saturated heterocycles. The van der Waals surface area contributed by atoms with Crippen molar-refractivity contribution in [1.82, 2.24) is 14.5 Å². The lowest BCUT2D eigenvalue weighted by Crippen LogP contribution is -2.08. The zero-order valence-electron chi connectivity index (χ0n) is 9.87. The Hall–Kier alpha value is -0.940. The summed E-state index contributed by atoms with van der Waals surface area (Å²) >= 11 is 7.04. The second-order valence-corrected chi connectivity index (χ2v) is 5.59. The maximum atomic E-state index is 5.29. The second kappa shape index (κ2) is 4.14. The van der Waals surface area contributed by atoms with E-state index in [1.54, 1.807) is 11.3 Å². The molecule has 1 unspecified atom stereocenters. The Morgan fingerprint density at radius 1 is 1.44 bits per heavy atom. The molecule has 0 aromatic carbocycles. The molecule has 0 amide bonds. The van der Waals surface area contributed by atoms with Gasteiger partial charge in [-0.25, -0.2) is 4.98 Å². The maximum absolute atomic E-state index is 5.29. The van der Waals surface area contributed by atoms with Crippen LogP contribution in [0.5, 0.6) is 0 Å². The first-order valence-electron chi connectivity index (χ1n) is 5.21. The molecule has 2 aromatic rings. The molecule has 0 aliphatic heterocycles. The summed E-state index contributed by atoms with van der Waals surface area (Å²) in [5.74, 6) is 0. The summed E-state index contributed by atoms with van der Waals surface area (Å²) in [6.45, 7) is 8.32. The zero-order valence-corrected chi connectivity index (χ0v) is 11.5. The predicted molar refractivity (Wildman–Crippen MR) is 69.8 cm³/mol. The number of rotatable bonds is 2. The van der Waals surface area contributed by atoms with Crippen molar-refractivity contribution in [3.05, 3.63) is 32.2 Å². The summed E-state index contributed by atoms with van der Waals surface area (Å²) in [5, 5.41) is 1.11. The highest BCUT2D eigenvalue weighted by atomic mass is 32.1. The van der Waals surface area contributed by atoms with E-state index in [4.69, 9.17) is 12.2 Å². The quantitative estimate of drug-likeness (QED) is 0.831. The van der Waals surface area contributed by atoms with Crippen LogP contribution in [0.25, 0.3) is 0 Å². The molecule has 86 valence electrons. The van der Waals surface area contributed by atoms with Crippen LogP contribution >= 0.6 is 23.6 Å². The number of thiazole rings is 1. The fourth-order valence-corrected chi connectivity index (χ4v) is 3.33. The van der Waals surface area contributed by atoms with Gasteiger partial charge in [-0.05, 0) is 39.9 Å². The van der Waals surface area contributed by atoms with Gasteiger partial charge in [0.2, 0.25) is 0 Å². The molecule has 0 radical (unpaired) electrons. The van der Waals surface area contributed by atoms with E-state index in [1.165, 1.54) is 4.88 Å². The number of H-pyrrole nitrogens is 1. The van der Waals surface area contributed by atoms with Crippen LogP contribution in [0.4, 0.5) is 0 Å². The summed E-state index contributed by atoms with van der Waals surface area (Å²) in [6.07, 6.45) is 1.95. The minimum Gasteiger partial charge on any atom is -0.337 e. The molecular weight excluding hydrogens is 238 g/mol. The number of nitrogens with one attached hydrogen (secondary N) is 1. The van der Waals surface area contributed by atoms with E-state index in [2.05, 4.69) is 35.3 Å². The van der Waals surface area contributed by atoms with Crippen LogP contribution in [0.2, 0.25) is 0 Å². The third-order valence-electron chi connectivity index (χ3n) is 2.71. The van der Waals surface area contributed by atoms with Crippen molar-refractivity contribution in [2.24, 2.45) is 0 Å². The molecule has 2 aromatic heterocycles. The second-order valence-electron chi connectivity index (χ2n) is 3.96. The molecule has 0 aliphatic carbocycles. The van der Waals surface area contributed by atoms with E-state index in [1.807, 2.05) is 13.1 Å². The molecule has 1 N–H and O–H groups in total. The normalized spacial score (nSPS) is 13.0. The number of nitrogens with zero attached hydrogens (tertiary/aromatic N) is 2. The third-order valence-corrected chi connectivity index (χ3v) is 4.27. The molecule has 2 heterocycles. The van der Waals surface area contributed by atoms with Gasteiger partial charge in [0.05, 0.1) is 21.6 Å². The van der Waals surface area contributed by atoms with Gasteiger partial charge in [0.1, 0.15) is 0 Å². The van der Waals surface area contributed by atoms with Crippen LogP contribution in [-0.2, 0) is 0 Å². The molecule has 3 nitrogen and oxygen atoms in total. The number of aromatic amines is 1. The van der Waals surface area contributed by atoms with Gasteiger partial charge in [-0.15, -0.1) is 11.3 Å². The summed E-state index contributed by atoms with van der Waals surface area (Å²) in [4.78, 5) is 8.83. The van der Waals surface area contributed by atoms with Crippen molar-refractivity contribution in [2.75, 3.05) is 0 Å². The van der Waals surface area contributed by atoms with Crippen LogP contribution in [0.1, 0.15) is 34.2 Å². The number of aromatic nitrogens is 3. The highest BCUT2D eigenvalue weighted by Gasteiger charge is 2.16. The number of imidazole rings is 1. The van der Waals surface area contributed by atoms with Crippen molar-refractivity contribution >= 4 is 23.6 Å². The van der Waals surface area contributed by atoms with E-state index in [0.717, 1.165) is 21.2 Å². The van der Waals surface area contributed by atoms with Gasteiger partial charge in [0, 0.05) is 11.9 Å². The SMILES string of the molecule is Cc1nc(C)c(C(C)n2c(C)c[nH]c2=S)s1. The van der Waals surface area contributed by atoms with Gasteiger partial charge >= 0.3 is 0 Å². The minimum atomic E-state index is 0.255. The molecule has 0 spiro atoms. The van der Waals surface area contributed by atoms with Gasteiger partial charge in [-0.3, -0.25) is 0 Å². The predicted octanol–water partition coefficient (Wildman–Crippen LogP) is 3.54. The minimum absolute atomic E-state index is 0.255. The highest BCUT2D eigenvalue weighted by molar-refractivity contribution is 7.71. The summed E-state index contributed by atoms with van der Waals surface area (Å²) in [5.41, 5.74) is 2.26. The monoisotopic (exact) mass is 253 g/mol. The van der Waals surface area contributed by atoms with Crippen molar-refractivity contribution in [2.45, 2.75) is 33.7 Å². The molecule has 0 bridgehead atoms. The molecule has 16 heavy (non-hydrogen) atoms. The maximum Gasteiger partial charge on any atom is 0.177 e. The van der Waals surface area contributed by atoms with E-state index < -0.39 is 0 Å². The van der Waals surface area contributed by atoms with Crippen LogP contribution in [0, 0.1) is 25.5 Å². The van der Waals surface area contributed by atoms with Crippen LogP contribution in [0.3, 0.4) is 0 Å². The number of aryl methyl sites for hydroxylation is 3. The van der Waals surface area contributed by atoms with Crippen LogP contribution in [-0.4, -0.2) is 14.5 Å². The summed E-state index contributed by atoms with van der Waals surface area (Å²) in [7, 11) is 0. The first-order chi connectivity index (χ1) is 7.50. The lowest BCUT2D eigenvalue weighted by molar-refractivity contribution is 0.620. The van der Waals surface area contributed by atoms with Crippen LogP contribution < -0.4 is 0 Å². The molecule has 0 saturated carbocycles. The fourth-order valence-electron chi connectivity index (χ4n) is 2.00. The van der Waals surface area contributed by atoms with E-state index in [0.29, 0.717) is 0 Å². The Labute approximate surface area is 104 Å². The Morgan fingerprint density at radius 3 is 2.56 bits per heavy atom. The number of hydrogen-bond donors (Lipinski definition) is 1. The van der Waals surface area contributed by atoms with Crippen molar-refractivity contribution in [3.63, 3.8) is 0 Å². The average molecular weight is 253 g/mol. The van der Waals surface area contributed by atoms with Crippen molar-refractivity contribution in [1.29, 1.82) is 0 Å². The van der Waals surface area contributed by atoms with Gasteiger partial charge in [-0.1, -0.05) is 0 Å². The molecule has 0 fully saturated rings. The Bertz CT molecular complexity index is 562. The summed E-state index contributed by atoms with van der Waals surface area (Å²) in [6, 6.07) is 0.255. The largest absolute Gasteiger partial charge is 0.337 e. The van der Waals surface area contributed by atoms with Gasteiger partial charge < -0.3 is 9.55 Å². The smallest absolute Gasteiger partial charge is 0.177 e. The zero-order chi connectivity index (χ0) is 11.9. The number of hydrogen-bond acceptors (Lipinski definition) is 3. The standard InChI is InChI=1S/C11H15N3S2/c1-6-5-12-11(15)14(6)8(3)10-7(2)13-9(4)16-10/h5,8H,1-4H3,(H,12,15). The lowest BCUT2D eigenvalue weighted by atomic mass is 10.2. The van der Waals surface area contributed by atoms with E-state index in [-0.39, 0.29) is 6.04 Å². The summed E-state index contributed by atoms with van der Waals surface area (Å²) < 4.78 is 2.91. The first kappa shape index (κ1) is 11.5. The molecule has 1 atom stereocenters. The third kappa shape index (κ3) is 1.85. The van der Waals surface area contributed by atoms with Crippen molar-refractivity contribution in [3.8, 4) is 0 Å². The first-order valence-corrected chi connectivity index (χ1v) is 6.43. The van der Waals surface area contributed by atoms with Gasteiger partial charge in [0.25, 0.3) is 0 Å². The van der Waals surface area contributed by atoms with Gasteiger partial charge in [-0.2, -0.15) is 0 Å². The highest BCUT2D eigenvalue weighted by Crippen LogP contribution is 2.28. The molecule has 0 aliphatic rings. The lowest BCUT2D eigenvalue weighted by Gasteiger charge is -2.14. The van der Waals surface area contributed by atoms with Crippen molar-refractivity contribution < 1.29 is 0 Å². The Kier molecular flexibility index (Phi) is 2.99. The molecule has 2 rings (SSSR count). The fraction of sp³-hybridized carbons (Fsp3) is 0.455. The molecule has 5 heteroatoms. The Balaban J connectivity index is 2.51. The van der Waals surface area contributed by atoms with Gasteiger partial charge in [0.15, 0.2) is 4.77 Å². The van der Waals surface area contributed by atoms with E-state index in [9.17, 15) is 0 Å².